The van der Waals surface area contributed by atoms with Crippen molar-refractivity contribution >= 4 is 27.7 Å². The summed E-state index contributed by atoms with van der Waals surface area (Å²) >= 11 is 0. The maximum Gasteiger partial charge on any atom is 0.240 e. The number of nitrogens with one attached hydrogen (secondary N) is 1. The van der Waals surface area contributed by atoms with Gasteiger partial charge in [-0.25, -0.2) is 0 Å². The molecule has 0 saturated heterocycles. The van der Waals surface area contributed by atoms with Crippen molar-refractivity contribution in [2.45, 2.75) is 25.9 Å². The topological polar surface area (TPSA) is 54.3 Å². The van der Waals surface area contributed by atoms with Gasteiger partial charge in [0.25, 0.3) is 0 Å². The second kappa shape index (κ2) is 9.37. The summed E-state index contributed by atoms with van der Waals surface area (Å²) in [5.41, 5.74) is 4.01. The number of pyridine rings is 1. The zero-order chi connectivity index (χ0) is 22.7. The van der Waals surface area contributed by atoms with Crippen LogP contribution in [-0.4, -0.2) is 36.0 Å². The first-order valence-corrected chi connectivity index (χ1v) is 11.0. The van der Waals surface area contributed by atoms with Crippen LogP contribution in [-0.2, 0) is 17.8 Å². The smallest absolute Gasteiger partial charge is 0.240 e. The average molecular weight is 428 g/mol. The van der Waals surface area contributed by atoms with E-state index in [1.807, 2.05) is 67.2 Å². The number of likely N-dealkylation sites (N-methyl/N-ethyl adjacent to an activating group) is 1. The van der Waals surface area contributed by atoms with Gasteiger partial charge in [-0.05, 0) is 55.9 Å². The van der Waals surface area contributed by atoms with Crippen LogP contribution in [0.25, 0.3) is 21.8 Å². The Morgan fingerprint density at radius 1 is 0.906 bits per heavy atom. The van der Waals surface area contributed by atoms with E-state index in [1.54, 1.807) is 0 Å². The minimum atomic E-state index is -0.0824. The Labute approximate surface area is 188 Å². The highest BCUT2D eigenvalue weighted by atomic mass is 16.2. The van der Waals surface area contributed by atoms with Gasteiger partial charge in [0.1, 0.15) is 6.54 Å². The zero-order valence-electron chi connectivity index (χ0n) is 18.8. The summed E-state index contributed by atoms with van der Waals surface area (Å²) in [5.74, 6) is -0.0824. The number of carbonyl (C=O) groups excluding carboxylic acids is 1. The van der Waals surface area contributed by atoms with Gasteiger partial charge in [0.15, 0.2) is 5.43 Å². The standard InChI is InChI=1S/C27H29N3O2/c1-4-19-13-15-20(16-14-19)25(29(2)3)17-28-26(31)18-30-23-11-7-5-9-21(23)27(32)22-10-6-8-12-24(22)30/h5-16,25H,4,17-18H2,1-3H3,(H,28,31)/t25-/m1/s1. The Morgan fingerprint density at radius 3 is 2.00 bits per heavy atom. The predicted molar refractivity (Wildman–Crippen MR) is 131 cm³/mol. The lowest BCUT2D eigenvalue weighted by atomic mass is 10.0. The molecule has 1 amide bonds. The van der Waals surface area contributed by atoms with Gasteiger partial charge in [-0.1, -0.05) is 55.5 Å². The first kappa shape index (κ1) is 21.8. The molecule has 1 aromatic heterocycles. The van der Waals surface area contributed by atoms with Crippen LogP contribution in [0.15, 0.2) is 77.6 Å². The highest BCUT2D eigenvalue weighted by molar-refractivity contribution is 5.94. The summed E-state index contributed by atoms with van der Waals surface area (Å²) in [4.78, 5) is 28.0. The molecule has 4 rings (SSSR count). The molecule has 4 aromatic rings. The number of aromatic nitrogens is 1. The molecule has 0 aliphatic rings. The van der Waals surface area contributed by atoms with Crippen molar-refractivity contribution in [1.82, 2.24) is 14.8 Å². The van der Waals surface area contributed by atoms with E-state index < -0.39 is 0 Å². The number of hydrogen-bond donors (Lipinski definition) is 1. The molecule has 1 N–H and O–H groups in total. The van der Waals surface area contributed by atoms with Crippen LogP contribution in [0.5, 0.6) is 0 Å². The van der Waals surface area contributed by atoms with Crippen molar-refractivity contribution in [3.8, 4) is 0 Å². The fourth-order valence-electron chi connectivity index (χ4n) is 4.23. The van der Waals surface area contributed by atoms with Crippen LogP contribution < -0.4 is 10.7 Å². The van der Waals surface area contributed by atoms with Crippen LogP contribution in [0.1, 0.15) is 24.1 Å². The minimum Gasteiger partial charge on any atom is -0.353 e. The van der Waals surface area contributed by atoms with Crippen molar-refractivity contribution in [2.24, 2.45) is 0 Å². The lowest BCUT2D eigenvalue weighted by Gasteiger charge is -2.25. The van der Waals surface area contributed by atoms with Crippen molar-refractivity contribution in [3.05, 3.63) is 94.1 Å². The third kappa shape index (κ3) is 4.30. The van der Waals surface area contributed by atoms with Crippen molar-refractivity contribution < 1.29 is 4.79 Å². The Hall–Kier alpha value is -3.44. The molecule has 32 heavy (non-hydrogen) atoms. The van der Waals surface area contributed by atoms with E-state index in [9.17, 15) is 9.59 Å². The molecule has 5 nitrogen and oxygen atoms in total. The molecule has 0 radical (unpaired) electrons. The highest BCUT2D eigenvalue weighted by Gasteiger charge is 2.17. The highest BCUT2D eigenvalue weighted by Crippen LogP contribution is 2.20. The number of aryl methyl sites for hydroxylation is 1. The molecule has 1 heterocycles. The Balaban J connectivity index is 1.59. The van der Waals surface area contributed by atoms with Gasteiger partial charge in [0.05, 0.1) is 17.1 Å². The summed E-state index contributed by atoms with van der Waals surface area (Å²) in [6, 6.07) is 23.6. The summed E-state index contributed by atoms with van der Waals surface area (Å²) in [5, 5.41) is 4.36. The lowest BCUT2D eigenvalue weighted by molar-refractivity contribution is -0.121. The summed E-state index contributed by atoms with van der Waals surface area (Å²) in [6.45, 7) is 2.80. The summed E-state index contributed by atoms with van der Waals surface area (Å²) in [7, 11) is 4.04. The molecular formula is C27H29N3O2. The van der Waals surface area contributed by atoms with E-state index in [-0.39, 0.29) is 23.9 Å². The van der Waals surface area contributed by atoms with Crippen LogP contribution in [0.2, 0.25) is 0 Å². The van der Waals surface area contributed by atoms with E-state index in [4.69, 9.17) is 0 Å². The normalized spacial score (nSPS) is 12.4. The monoisotopic (exact) mass is 427 g/mol. The molecule has 0 saturated carbocycles. The lowest BCUT2D eigenvalue weighted by Crippen LogP contribution is -2.36. The summed E-state index contributed by atoms with van der Waals surface area (Å²) in [6.07, 6.45) is 1.00. The summed E-state index contributed by atoms with van der Waals surface area (Å²) < 4.78 is 1.93. The largest absolute Gasteiger partial charge is 0.353 e. The van der Waals surface area contributed by atoms with E-state index in [2.05, 4.69) is 41.4 Å². The first-order valence-electron chi connectivity index (χ1n) is 11.0. The molecule has 1 atom stereocenters. The molecule has 0 aliphatic carbocycles. The van der Waals surface area contributed by atoms with Crippen LogP contribution >= 0.6 is 0 Å². The maximum atomic E-state index is 13.0. The van der Waals surface area contributed by atoms with Crippen LogP contribution in [0.3, 0.4) is 0 Å². The maximum absolute atomic E-state index is 13.0. The van der Waals surface area contributed by atoms with Crippen LogP contribution in [0, 0.1) is 0 Å². The van der Waals surface area contributed by atoms with Crippen molar-refractivity contribution in [2.75, 3.05) is 20.6 Å². The van der Waals surface area contributed by atoms with Crippen molar-refractivity contribution in [1.29, 1.82) is 0 Å². The number of fused-ring (bicyclic) bond motifs is 2. The van der Waals surface area contributed by atoms with Gasteiger partial charge < -0.3 is 14.8 Å². The molecule has 0 unspecified atom stereocenters. The van der Waals surface area contributed by atoms with Gasteiger partial charge in [0, 0.05) is 17.3 Å². The van der Waals surface area contributed by atoms with E-state index in [0.717, 1.165) is 17.5 Å². The number of para-hydroxylation sites is 2. The van der Waals surface area contributed by atoms with E-state index >= 15 is 0 Å². The fraction of sp³-hybridized carbons (Fsp3) is 0.259. The third-order valence-corrected chi connectivity index (χ3v) is 6.07. The Kier molecular flexibility index (Phi) is 6.37. The fourth-order valence-corrected chi connectivity index (χ4v) is 4.23. The number of benzene rings is 3. The molecule has 3 aromatic carbocycles. The number of rotatable bonds is 7. The number of hydrogen-bond acceptors (Lipinski definition) is 3. The van der Waals surface area contributed by atoms with Gasteiger partial charge in [-0.3, -0.25) is 9.59 Å². The molecule has 5 heteroatoms. The van der Waals surface area contributed by atoms with E-state index in [1.165, 1.54) is 11.1 Å². The average Bonchev–Trinajstić information content (AvgIpc) is 2.82. The minimum absolute atomic E-state index is 0.00365. The molecule has 0 bridgehead atoms. The van der Waals surface area contributed by atoms with Crippen LogP contribution in [0.4, 0.5) is 0 Å². The van der Waals surface area contributed by atoms with Gasteiger partial charge in [-0.2, -0.15) is 0 Å². The molecule has 0 aliphatic heterocycles. The Morgan fingerprint density at radius 2 is 1.47 bits per heavy atom. The first-order chi connectivity index (χ1) is 15.5. The quantitative estimate of drug-likeness (QED) is 0.451. The van der Waals surface area contributed by atoms with Gasteiger partial charge >= 0.3 is 0 Å². The second-order valence-electron chi connectivity index (χ2n) is 8.33. The van der Waals surface area contributed by atoms with Gasteiger partial charge in [-0.15, -0.1) is 0 Å². The second-order valence-corrected chi connectivity index (χ2v) is 8.33. The molecule has 164 valence electrons. The predicted octanol–water partition coefficient (Wildman–Crippen LogP) is 4.14. The SMILES string of the molecule is CCc1ccc([C@@H](CNC(=O)Cn2c3ccccc3c(=O)c3ccccc32)N(C)C)cc1. The Bertz CT molecular complexity index is 1250. The van der Waals surface area contributed by atoms with E-state index in [0.29, 0.717) is 17.3 Å². The molecule has 0 spiro atoms. The molecular weight excluding hydrogens is 398 g/mol. The number of amides is 1. The number of nitrogens with zero attached hydrogens (tertiary/aromatic N) is 2. The zero-order valence-corrected chi connectivity index (χ0v) is 18.8. The third-order valence-electron chi connectivity index (χ3n) is 6.07. The van der Waals surface area contributed by atoms with Crippen molar-refractivity contribution in [3.63, 3.8) is 0 Å². The molecule has 0 fully saturated rings. The van der Waals surface area contributed by atoms with Gasteiger partial charge in [0.2, 0.25) is 5.91 Å². The number of carbonyl (C=O) groups is 1.